The summed E-state index contributed by atoms with van der Waals surface area (Å²) in [5.74, 6) is 1.46. The first kappa shape index (κ1) is 19.1. The van der Waals surface area contributed by atoms with Gasteiger partial charge in [-0.1, -0.05) is 23.5 Å². The van der Waals surface area contributed by atoms with Gasteiger partial charge in [-0.05, 0) is 36.2 Å². The van der Waals surface area contributed by atoms with Crippen LogP contribution in [-0.2, 0) is 11.2 Å². The summed E-state index contributed by atoms with van der Waals surface area (Å²) in [7, 11) is 1.60. The van der Waals surface area contributed by atoms with Gasteiger partial charge < -0.3 is 20.3 Å². The van der Waals surface area contributed by atoms with Gasteiger partial charge >= 0.3 is 0 Å². The van der Waals surface area contributed by atoms with E-state index in [4.69, 9.17) is 4.74 Å². The third kappa shape index (κ3) is 4.96. The maximum absolute atomic E-state index is 12.3. The summed E-state index contributed by atoms with van der Waals surface area (Å²) in [4.78, 5) is 14.5. The highest BCUT2D eigenvalue weighted by Crippen LogP contribution is 2.24. The van der Waals surface area contributed by atoms with E-state index >= 15 is 0 Å². The number of nitrogens with zero attached hydrogens (tertiary/aromatic N) is 5. The Morgan fingerprint density at radius 3 is 2.97 bits per heavy atom. The van der Waals surface area contributed by atoms with Gasteiger partial charge in [0.1, 0.15) is 5.75 Å². The number of rotatable bonds is 7. The third-order valence-corrected chi connectivity index (χ3v) is 5.34. The van der Waals surface area contributed by atoms with Crippen LogP contribution in [0.25, 0.3) is 0 Å². The number of carbonyl (C=O) groups excluding carboxylic acids is 1. The summed E-state index contributed by atoms with van der Waals surface area (Å²) in [6.45, 7) is 1.72. The molecule has 29 heavy (non-hydrogen) atoms. The normalized spacial score (nSPS) is 15.9. The lowest BCUT2D eigenvalue weighted by atomic mass is 10.1. The molecule has 9 nitrogen and oxygen atoms in total. The van der Waals surface area contributed by atoms with Crippen molar-refractivity contribution in [3.63, 3.8) is 0 Å². The van der Waals surface area contributed by atoms with Crippen molar-refractivity contribution in [2.45, 2.75) is 18.9 Å². The zero-order chi connectivity index (χ0) is 20.1. The Bertz CT molecular complexity index is 966. The van der Waals surface area contributed by atoms with Crippen LogP contribution in [0.1, 0.15) is 12.0 Å². The number of ether oxygens (including phenoxy) is 1. The van der Waals surface area contributed by atoms with Crippen molar-refractivity contribution >= 4 is 33.3 Å². The van der Waals surface area contributed by atoms with Crippen LogP contribution in [0.3, 0.4) is 0 Å². The number of aromatic nitrogens is 4. The van der Waals surface area contributed by atoms with E-state index < -0.39 is 0 Å². The predicted octanol–water partition coefficient (Wildman–Crippen LogP) is 2.21. The summed E-state index contributed by atoms with van der Waals surface area (Å²) in [5.41, 5.74) is 0.875. The minimum absolute atomic E-state index is 0.143. The molecule has 4 rings (SSSR count). The summed E-state index contributed by atoms with van der Waals surface area (Å²) >= 11 is 1.33. The SMILES string of the molecule is COc1cccc(CC(=O)Nc2nnc(NC3CCN(c4cccnn4)C3)s2)c1. The van der Waals surface area contributed by atoms with E-state index in [0.717, 1.165) is 36.6 Å². The van der Waals surface area contributed by atoms with Gasteiger partial charge in [0.05, 0.1) is 13.5 Å². The molecule has 1 aromatic carbocycles. The summed E-state index contributed by atoms with van der Waals surface area (Å²) in [5, 5.41) is 23.6. The highest BCUT2D eigenvalue weighted by atomic mass is 32.1. The van der Waals surface area contributed by atoms with Crippen LogP contribution in [0.5, 0.6) is 5.75 Å². The zero-order valence-corrected chi connectivity index (χ0v) is 16.7. The molecule has 0 spiro atoms. The Morgan fingerprint density at radius 2 is 2.14 bits per heavy atom. The second kappa shape index (κ2) is 8.82. The zero-order valence-electron chi connectivity index (χ0n) is 15.9. The summed E-state index contributed by atoms with van der Waals surface area (Å²) in [6.07, 6.45) is 2.88. The smallest absolute Gasteiger partial charge is 0.230 e. The Labute approximate surface area is 172 Å². The van der Waals surface area contributed by atoms with E-state index in [1.807, 2.05) is 36.4 Å². The maximum atomic E-state index is 12.3. The van der Waals surface area contributed by atoms with E-state index in [9.17, 15) is 4.79 Å². The molecule has 0 radical (unpaired) electrons. The summed E-state index contributed by atoms with van der Waals surface area (Å²) < 4.78 is 5.19. The molecule has 1 fully saturated rings. The molecule has 1 amide bonds. The van der Waals surface area contributed by atoms with Gasteiger partial charge in [-0.2, -0.15) is 5.10 Å². The van der Waals surface area contributed by atoms with Crippen molar-refractivity contribution in [1.82, 2.24) is 20.4 Å². The summed E-state index contributed by atoms with van der Waals surface area (Å²) in [6, 6.07) is 11.5. The van der Waals surface area contributed by atoms with Crippen LogP contribution in [0, 0.1) is 0 Å². The van der Waals surface area contributed by atoms with Gasteiger partial charge in [0.25, 0.3) is 0 Å². The Morgan fingerprint density at radius 1 is 1.24 bits per heavy atom. The fourth-order valence-corrected chi connectivity index (χ4v) is 3.92. The largest absolute Gasteiger partial charge is 0.497 e. The van der Waals surface area contributed by atoms with Gasteiger partial charge in [0.2, 0.25) is 16.2 Å². The van der Waals surface area contributed by atoms with Crippen LogP contribution in [0.15, 0.2) is 42.6 Å². The van der Waals surface area contributed by atoms with E-state index in [1.165, 1.54) is 11.3 Å². The first-order chi connectivity index (χ1) is 14.2. The molecule has 1 unspecified atom stereocenters. The number of amides is 1. The molecule has 1 aliphatic rings. The quantitative estimate of drug-likeness (QED) is 0.610. The predicted molar refractivity (Wildman–Crippen MR) is 112 cm³/mol. The van der Waals surface area contributed by atoms with Crippen LogP contribution < -0.4 is 20.3 Å². The molecule has 150 valence electrons. The van der Waals surface area contributed by atoms with Crippen LogP contribution in [-0.4, -0.2) is 52.5 Å². The van der Waals surface area contributed by atoms with Crippen molar-refractivity contribution in [3.05, 3.63) is 48.2 Å². The number of carbonyl (C=O) groups is 1. The second-order valence-corrected chi connectivity index (χ2v) is 7.62. The molecule has 2 N–H and O–H groups in total. The maximum Gasteiger partial charge on any atom is 0.230 e. The van der Waals surface area contributed by atoms with Crippen LogP contribution >= 0.6 is 11.3 Å². The lowest BCUT2D eigenvalue weighted by molar-refractivity contribution is -0.115. The van der Waals surface area contributed by atoms with Gasteiger partial charge in [-0.15, -0.1) is 15.3 Å². The lowest BCUT2D eigenvalue weighted by Gasteiger charge is -2.16. The Kier molecular flexibility index (Phi) is 5.80. The van der Waals surface area contributed by atoms with Crippen molar-refractivity contribution in [2.75, 3.05) is 35.7 Å². The van der Waals surface area contributed by atoms with Crippen molar-refractivity contribution in [1.29, 1.82) is 0 Å². The molecule has 1 aliphatic heterocycles. The number of hydrogen-bond acceptors (Lipinski definition) is 9. The molecule has 1 atom stereocenters. The standard InChI is InChI=1S/C19H21N7O2S/c1-28-15-5-2-4-13(10-15)11-17(27)22-19-25-24-18(29-19)21-14-7-9-26(12-14)16-6-3-8-20-23-16/h2-6,8,10,14H,7,9,11-12H2,1H3,(H,21,24)(H,22,25,27). The van der Waals surface area contributed by atoms with Gasteiger partial charge in [-0.3, -0.25) is 4.79 Å². The molecule has 0 bridgehead atoms. The number of benzene rings is 1. The molecule has 0 saturated carbocycles. The van der Waals surface area contributed by atoms with Crippen molar-refractivity contribution in [3.8, 4) is 5.75 Å². The molecule has 2 aromatic heterocycles. The third-order valence-electron chi connectivity index (χ3n) is 4.57. The van der Waals surface area contributed by atoms with Crippen molar-refractivity contribution < 1.29 is 9.53 Å². The topological polar surface area (TPSA) is 105 Å². The number of hydrogen-bond donors (Lipinski definition) is 2. The first-order valence-electron chi connectivity index (χ1n) is 9.25. The number of methoxy groups -OCH3 is 1. The second-order valence-electron chi connectivity index (χ2n) is 6.65. The number of anilines is 3. The Balaban J connectivity index is 1.29. The fourth-order valence-electron chi connectivity index (χ4n) is 3.19. The van der Waals surface area contributed by atoms with Crippen molar-refractivity contribution in [2.24, 2.45) is 0 Å². The van der Waals surface area contributed by atoms with E-state index in [-0.39, 0.29) is 18.4 Å². The average Bonchev–Trinajstić information content (AvgIpc) is 3.38. The first-order valence-corrected chi connectivity index (χ1v) is 10.1. The average molecular weight is 411 g/mol. The monoisotopic (exact) mass is 411 g/mol. The van der Waals surface area contributed by atoms with E-state index in [1.54, 1.807) is 13.3 Å². The van der Waals surface area contributed by atoms with E-state index in [0.29, 0.717) is 10.3 Å². The van der Waals surface area contributed by atoms with Gasteiger partial charge in [0, 0.05) is 25.3 Å². The molecular formula is C19H21N7O2S. The molecule has 10 heteroatoms. The van der Waals surface area contributed by atoms with Crippen LogP contribution in [0.2, 0.25) is 0 Å². The Hall–Kier alpha value is -3.27. The highest BCUT2D eigenvalue weighted by Gasteiger charge is 2.24. The van der Waals surface area contributed by atoms with Crippen LogP contribution in [0.4, 0.5) is 16.1 Å². The minimum Gasteiger partial charge on any atom is -0.497 e. The fraction of sp³-hybridized carbons (Fsp3) is 0.316. The minimum atomic E-state index is -0.143. The molecule has 1 saturated heterocycles. The van der Waals surface area contributed by atoms with Gasteiger partial charge in [0.15, 0.2) is 5.82 Å². The van der Waals surface area contributed by atoms with E-state index in [2.05, 4.69) is 35.9 Å². The number of nitrogens with one attached hydrogen (secondary N) is 2. The highest BCUT2D eigenvalue weighted by molar-refractivity contribution is 7.19. The van der Waals surface area contributed by atoms with Gasteiger partial charge in [-0.25, -0.2) is 0 Å². The molecular weight excluding hydrogens is 390 g/mol. The molecule has 3 heterocycles. The molecule has 3 aromatic rings. The molecule has 0 aliphatic carbocycles. The lowest BCUT2D eigenvalue weighted by Crippen LogP contribution is -2.26.